The van der Waals surface area contributed by atoms with Gasteiger partial charge in [-0.3, -0.25) is 4.79 Å². The number of aromatic nitrogens is 1. The van der Waals surface area contributed by atoms with Gasteiger partial charge in [-0.15, -0.1) is 24.8 Å². The summed E-state index contributed by atoms with van der Waals surface area (Å²) in [7, 11) is 0. The number of anilines is 1. The Balaban J connectivity index is 0.00000264. The van der Waals surface area contributed by atoms with Crippen molar-refractivity contribution in [2.24, 2.45) is 11.1 Å². The lowest BCUT2D eigenvalue weighted by Crippen LogP contribution is -2.45. The van der Waals surface area contributed by atoms with E-state index in [1.54, 1.807) is 0 Å². The average molecular weight is 377 g/mol. The molecule has 0 bridgehead atoms. The first kappa shape index (κ1) is 23.0. The van der Waals surface area contributed by atoms with Gasteiger partial charge in [0.05, 0.1) is 5.41 Å². The summed E-state index contributed by atoms with van der Waals surface area (Å²) >= 11 is 0. The zero-order valence-electron chi connectivity index (χ0n) is 14.6. The predicted octanol–water partition coefficient (Wildman–Crippen LogP) is 2.91. The van der Waals surface area contributed by atoms with Crippen LogP contribution in [-0.2, 0) is 11.3 Å². The molecule has 7 heteroatoms. The summed E-state index contributed by atoms with van der Waals surface area (Å²) in [6.07, 6.45) is 5.82. The molecule has 0 aromatic carbocycles. The second kappa shape index (κ2) is 10.7. The van der Waals surface area contributed by atoms with E-state index in [2.05, 4.69) is 21.3 Å². The molecule has 1 aromatic heterocycles. The molecular formula is C17H30Cl2N4O. The van der Waals surface area contributed by atoms with Gasteiger partial charge in [0.15, 0.2) is 0 Å². The Morgan fingerprint density at radius 2 is 1.92 bits per heavy atom. The fraction of sp³-hybridized carbons (Fsp3) is 0.647. The van der Waals surface area contributed by atoms with Crippen molar-refractivity contribution >= 4 is 36.5 Å². The van der Waals surface area contributed by atoms with E-state index in [-0.39, 0.29) is 30.7 Å². The Bertz CT molecular complexity index is 495. The maximum absolute atomic E-state index is 12.5. The van der Waals surface area contributed by atoms with Crippen LogP contribution in [0.3, 0.4) is 0 Å². The van der Waals surface area contributed by atoms with Crippen LogP contribution >= 0.6 is 24.8 Å². The SMILES string of the molecule is CCC(CC)(CN)C(=O)NCc1ccnc(N2CCCC2)c1.Cl.Cl. The number of carbonyl (C=O) groups excluding carboxylic acids is 1. The topological polar surface area (TPSA) is 71.2 Å². The minimum atomic E-state index is -0.440. The van der Waals surface area contributed by atoms with E-state index < -0.39 is 5.41 Å². The summed E-state index contributed by atoms with van der Waals surface area (Å²) in [6.45, 7) is 7.11. The van der Waals surface area contributed by atoms with Gasteiger partial charge < -0.3 is 16.0 Å². The summed E-state index contributed by atoms with van der Waals surface area (Å²) < 4.78 is 0. The molecule has 2 rings (SSSR count). The van der Waals surface area contributed by atoms with Crippen molar-refractivity contribution in [1.29, 1.82) is 0 Å². The monoisotopic (exact) mass is 376 g/mol. The molecule has 0 aliphatic carbocycles. The van der Waals surface area contributed by atoms with E-state index in [1.165, 1.54) is 12.8 Å². The van der Waals surface area contributed by atoms with Gasteiger partial charge in [-0.05, 0) is 43.4 Å². The standard InChI is InChI=1S/C17H28N4O.2ClH/c1-3-17(4-2,13-18)16(22)20-12-14-7-8-19-15(11-14)21-9-5-6-10-21;;/h7-8,11H,3-6,9-10,12-13,18H2,1-2H3,(H,20,22);2*1H. The van der Waals surface area contributed by atoms with Crippen LogP contribution in [0.5, 0.6) is 0 Å². The van der Waals surface area contributed by atoms with Gasteiger partial charge in [-0.1, -0.05) is 13.8 Å². The maximum atomic E-state index is 12.5. The highest BCUT2D eigenvalue weighted by atomic mass is 35.5. The van der Waals surface area contributed by atoms with Gasteiger partial charge in [0.2, 0.25) is 5.91 Å². The predicted molar refractivity (Wildman–Crippen MR) is 104 cm³/mol. The lowest BCUT2D eigenvalue weighted by molar-refractivity contribution is -0.131. The van der Waals surface area contributed by atoms with Gasteiger partial charge in [0, 0.05) is 32.4 Å². The van der Waals surface area contributed by atoms with Crippen LogP contribution in [0, 0.1) is 5.41 Å². The Hall–Kier alpha value is -1.04. The Labute approximate surface area is 157 Å². The zero-order valence-corrected chi connectivity index (χ0v) is 16.2. The summed E-state index contributed by atoms with van der Waals surface area (Å²) in [5, 5.41) is 3.05. The first-order chi connectivity index (χ1) is 10.6. The van der Waals surface area contributed by atoms with E-state index in [0.29, 0.717) is 13.1 Å². The molecule has 0 saturated carbocycles. The van der Waals surface area contributed by atoms with Gasteiger partial charge in [0.1, 0.15) is 5.82 Å². The lowest BCUT2D eigenvalue weighted by atomic mass is 9.81. The average Bonchev–Trinajstić information content (AvgIpc) is 3.10. The molecule has 5 nitrogen and oxygen atoms in total. The molecule has 1 amide bonds. The number of hydrogen-bond acceptors (Lipinski definition) is 4. The van der Waals surface area contributed by atoms with Crippen molar-refractivity contribution in [3.63, 3.8) is 0 Å². The van der Waals surface area contributed by atoms with Crippen LogP contribution in [0.1, 0.15) is 45.1 Å². The van der Waals surface area contributed by atoms with Crippen LogP contribution in [0.25, 0.3) is 0 Å². The van der Waals surface area contributed by atoms with Gasteiger partial charge in [-0.25, -0.2) is 4.98 Å². The number of nitrogens with two attached hydrogens (primary N) is 1. The summed E-state index contributed by atoms with van der Waals surface area (Å²) in [6, 6.07) is 4.04. The Morgan fingerprint density at radius 3 is 2.46 bits per heavy atom. The molecule has 1 aromatic rings. The quantitative estimate of drug-likeness (QED) is 0.767. The largest absolute Gasteiger partial charge is 0.357 e. The molecule has 24 heavy (non-hydrogen) atoms. The molecule has 0 unspecified atom stereocenters. The minimum Gasteiger partial charge on any atom is -0.357 e. The molecule has 2 heterocycles. The number of rotatable bonds is 7. The molecule has 1 aliphatic heterocycles. The smallest absolute Gasteiger partial charge is 0.227 e. The normalized spacial score (nSPS) is 13.9. The third-order valence-electron chi connectivity index (χ3n) is 4.92. The second-order valence-corrected chi connectivity index (χ2v) is 6.09. The third-order valence-corrected chi connectivity index (χ3v) is 4.92. The highest BCUT2D eigenvalue weighted by molar-refractivity contribution is 5.85. The molecule has 0 radical (unpaired) electrons. The number of carbonyl (C=O) groups is 1. The molecule has 0 atom stereocenters. The van der Waals surface area contributed by atoms with Crippen LogP contribution in [-0.4, -0.2) is 30.5 Å². The van der Waals surface area contributed by atoms with Crippen LogP contribution in [0.15, 0.2) is 18.3 Å². The Kier molecular flexibility index (Phi) is 10.3. The van der Waals surface area contributed by atoms with Crippen molar-refractivity contribution < 1.29 is 4.79 Å². The first-order valence-electron chi connectivity index (χ1n) is 8.33. The second-order valence-electron chi connectivity index (χ2n) is 6.09. The van der Waals surface area contributed by atoms with Crippen LogP contribution in [0.4, 0.5) is 5.82 Å². The fourth-order valence-electron chi connectivity index (χ4n) is 3.01. The van der Waals surface area contributed by atoms with Gasteiger partial charge in [0.25, 0.3) is 0 Å². The first-order valence-corrected chi connectivity index (χ1v) is 8.33. The fourth-order valence-corrected chi connectivity index (χ4v) is 3.01. The van der Waals surface area contributed by atoms with Gasteiger partial charge in [-0.2, -0.15) is 0 Å². The van der Waals surface area contributed by atoms with Gasteiger partial charge >= 0.3 is 0 Å². The van der Waals surface area contributed by atoms with Crippen LogP contribution in [0.2, 0.25) is 0 Å². The molecule has 3 N–H and O–H groups in total. The minimum absolute atomic E-state index is 0. The van der Waals surface area contributed by atoms with Crippen molar-refractivity contribution in [2.45, 2.75) is 46.1 Å². The Morgan fingerprint density at radius 1 is 1.29 bits per heavy atom. The summed E-state index contributed by atoms with van der Waals surface area (Å²) in [5.41, 5.74) is 6.47. The molecule has 1 aliphatic rings. The molecule has 1 fully saturated rings. The third kappa shape index (κ3) is 5.23. The lowest BCUT2D eigenvalue weighted by Gasteiger charge is -2.28. The molecule has 0 spiro atoms. The van der Waals surface area contributed by atoms with E-state index in [1.807, 2.05) is 26.1 Å². The maximum Gasteiger partial charge on any atom is 0.227 e. The van der Waals surface area contributed by atoms with E-state index >= 15 is 0 Å². The van der Waals surface area contributed by atoms with Crippen LogP contribution < -0.4 is 16.0 Å². The van der Waals surface area contributed by atoms with Crippen molar-refractivity contribution in [1.82, 2.24) is 10.3 Å². The van der Waals surface area contributed by atoms with Crippen molar-refractivity contribution in [3.05, 3.63) is 23.9 Å². The highest BCUT2D eigenvalue weighted by Crippen LogP contribution is 2.25. The number of nitrogens with one attached hydrogen (secondary N) is 1. The van der Waals surface area contributed by atoms with Crippen molar-refractivity contribution in [2.75, 3.05) is 24.5 Å². The van der Waals surface area contributed by atoms with E-state index in [0.717, 1.165) is 37.3 Å². The number of halogens is 2. The number of pyridine rings is 1. The molecule has 138 valence electrons. The van der Waals surface area contributed by atoms with Crippen molar-refractivity contribution in [3.8, 4) is 0 Å². The number of hydrogen-bond donors (Lipinski definition) is 2. The number of amides is 1. The summed E-state index contributed by atoms with van der Waals surface area (Å²) in [4.78, 5) is 19.2. The zero-order chi connectivity index (χ0) is 16.0. The molecular weight excluding hydrogens is 347 g/mol. The van der Waals surface area contributed by atoms with E-state index in [9.17, 15) is 4.79 Å². The highest BCUT2D eigenvalue weighted by Gasteiger charge is 2.32. The number of nitrogens with zero attached hydrogens (tertiary/aromatic N) is 2. The molecule has 1 saturated heterocycles. The van der Waals surface area contributed by atoms with E-state index in [4.69, 9.17) is 5.73 Å². The summed E-state index contributed by atoms with van der Waals surface area (Å²) in [5.74, 6) is 1.07.